The molecule has 0 aliphatic carbocycles. The SMILES string of the molecule is Cc1ccc(Nc2ccc3cc4c(cc3c2)C(=N)N=C4N)cc1. The molecular weight excluding hydrogens is 284 g/mol. The van der Waals surface area contributed by atoms with Gasteiger partial charge in [0.15, 0.2) is 5.84 Å². The number of nitrogens with two attached hydrogens (primary N) is 1. The predicted octanol–water partition coefficient (Wildman–Crippen LogP) is 3.94. The van der Waals surface area contributed by atoms with Gasteiger partial charge in [0.2, 0.25) is 0 Å². The zero-order valence-electron chi connectivity index (χ0n) is 12.7. The van der Waals surface area contributed by atoms with E-state index in [0.29, 0.717) is 5.84 Å². The number of rotatable bonds is 2. The maximum absolute atomic E-state index is 7.91. The van der Waals surface area contributed by atoms with Crippen molar-refractivity contribution in [3.63, 3.8) is 0 Å². The number of amidine groups is 2. The van der Waals surface area contributed by atoms with E-state index in [2.05, 4.69) is 53.6 Å². The first kappa shape index (κ1) is 13.5. The van der Waals surface area contributed by atoms with Crippen molar-refractivity contribution in [3.8, 4) is 0 Å². The van der Waals surface area contributed by atoms with Crippen LogP contribution in [0.25, 0.3) is 10.8 Å². The Morgan fingerprint density at radius 1 is 0.870 bits per heavy atom. The van der Waals surface area contributed by atoms with Gasteiger partial charge in [-0.25, -0.2) is 4.99 Å². The molecule has 4 nitrogen and oxygen atoms in total. The van der Waals surface area contributed by atoms with E-state index in [1.807, 2.05) is 18.2 Å². The number of aliphatic imine (C=N–C) groups is 1. The number of nitrogens with one attached hydrogen (secondary N) is 2. The van der Waals surface area contributed by atoms with Crippen molar-refractivity contribution in [2.75, 3.05) is 5.32 Å². The highest BCUT2D eigenvalue weighted by Gasteiger charge is 2.18. The standard InChI is InChI=1S/C19H16N4/c1-11-2-5-14(6-3-11)22-15-7-4-12-9-16-17(10-13(12)8-15)19(21)23-18(16)20/h2-10,22H,1H3,(H3,20,21,23). The van der Waals surface area contributed by atoms with Crippen LogP contribution in [0.3, 0.4) is 0 Å². The zero-order valence-corrected chi connectivity index (χ0v) is 12.7. The highest BCUT2D eigenvalue weighted by molar-refractivity contribution is 6.22. The number of hydrogen-bond acceptors (Lipinski definition) is 3. The van der Waals surface area contributed by atoms with E-state index in [1.54, 1.807) is 0 Å². The lowest BCUT2D eigenvalue weighted by molar-refractivity contribution is 1.45. The Labute approximate surface area is 134 Å². The molecular formula is C19H16N4. The second-order valence-electron chi connectivity index (χ2n) is 5.80. The van der Waals surface area contributed by atoms with Crippen molar-refractivity contribution >= 4 is 33.8 Å². The number of hydrogen-bond donors (Lipinski definition) is 3. The summed E-state index contributed by atoms with van der Waals surface area (Å²) < 4.78 is 0. The third-order valence-corrected chi connectivity index (χ3v) is 4.08. The molecule has 0 saturated heterocycles. The Balaban J connectivity index is 1.74. The first-order chi connectivity index (χ1) is 11.1. The largest absolute Gasteiger partial charge is 0.383 e. The maximum Gasteiger partial charge on any atom is 0.154 e. The van der Waals surface area contributed by atoms with Gasteiger partial charge < -0.3 is 11.1 Å². The zero-order chi connectivity index (χ0) is 16.0. The molecule has 0 saturated carbocycles. The van der Waals surface area contributed by atoms with Gasteiger partial charge >= 0.3 is 0 Å². The summed E-state index contributed by atoms with van der Waals surface area (Å²) in [5, 5.41) is 13.5. The van der Waals surface area contributed by atoms with Crippen LogP contribution in [-0.4, -0.2) is 11.7 Å². The molecule has 1 aliphatic rings. The van der Waals surface area contributed by atoms with Crippen molar-refractivity contribution in [2.24, 2.45) is 10.7 Å². The fourth-order valence-corrected chi connectivity index (χ4v) is 2.83. The Morgan fingerprint density at radius 3 is 2.35 bits per heavy atom. The van der Waals surface area contributed by atoms with E-state index in [0.717, 1.165) is 33.3 Å². The van der Waals surface area contributed by atoms with Crippen molar-refractivity contribution < 1.29 is 0 Å². The summed E-state index contributed by atoms with van der Waals surface area (Å²) in [6.07, 6.45) is 0. The van der Waals surface area contributed by atoms with Crippen molar-refractivity contribution in [3.05, 3.63) is 71.3 Å². The molecule has 1 heterocycles. The molecule has 4 N–H and O–H groups in total. The third-order valence-electron chi connectivity index (χ3n) is 4.08. The van der Waals surface area contributed by atoms with Crippen LogP contribution in [0.2, 0.25) is 0 Å². The van der Waals surface area contributed by atoms with Crippen LogP contribution >= 0.6 is 0 Å². The fraction of sp³-hybridized carbons (Fsp3) is 0.0526. The fourth-order valence-electron chi connectivity index (χ4n) is 2.83. The van der Waals surface area contributed by atoms with E-state index in [-0.39, 0.29) is 5.84 Å². The molecule has 3 aromatic rings. The second-order valence-corrected chi connectivity index (χ2v) is 5.80. The molecule has 0 spiro atoms. The molecule has 112 valence electrons. The molecule has 1 aliphatic heterocycles. The Bertz CT molecular complexity index is 969. The summed E-state index contributed by atoms with van der Waals surface area (Å²) >= 11 is 0. The number of nitrogens with zero attached hydrogens (tertiary/aromatic N) is 1. The summed E-state index contributed by atoms with van der Waals surface area (Å²) in [7, 11) is 0. The molecule has 0 fully saturated rings. The maximum atomic E-state index is 7.91. The lowest BCUT2D eigenvalue weighted by atomic mass is 10.0. The van der Waals surface area contributed by atoms with Crippen LogP contribution < -0.4 is 11.1 Å². The summed E-state index contributed by atoms with van der Waals surface area (Å²) in [6.45, 7) is 2.07. The molecule has 0 unspecified atom stereocenters. The Morgan fingerprint density at radius 2 is 1.57 bits per heavy atom. The second kappa shape index (κ2) is 4.95. The van der Waals surface area contributed by atoms with E-state index in [9.17, 15) is 0 Å². The lowest BCUT2D eigenvalue weighted by Crippen LogP contribution is -2.10. The van der Waals surface area contributed by atoms with E-state index < -0.39 is 0 Å². The molecule has 0 atom stereocenters. The summed E-state index contributed by atoms with van der Waals surface area (Å²) in [5.74, 6) is 0.657. The molecule has 23 heavy (non-hydrogen) atoms. The van der Waals surface area contributed by atoms with Crippen molar-refractivity contribution in [1.29, 1.82) is 5.41 Å². The molecule has 0 bridgehead atoms. The first-order valence-electron chi connectivity index (χ1n) is 7.45. The lowest BCUT2D eigenvalue weighted by Gasteiger charge is -2.09. The average molecular weight is 300 g/mol. The Kier molecular flexibility index (Phi) is 2.91. The number of anilines is 2. The van der Waals surface area contributed by atoms with Gasteiger partial charge in [0.25, 0.3) is 0 Å². The molecule has 0 aromatic heterocycles. The third kappa shape index (κ3) is 2.34. The Hall–Kier alpha value is -3.14. The smallest absolute Gasteiger partial charge is 0.154 e. The average Bonchev–Trinajstić information content (AvgIpc) is 2.82. The number of fused-ring (bicyclic) bond motifs is 2. The van der Waals surface area contributed by atoms with Gasteiger partial charge in [0.05, 0.1) is 0 Å². The molecule has 4 heteroatoms. The van der Waals surface area contributed by atoms with Gasteiger partial charge in [0, 0.05) is 22.5 Å². The normalized spacial score (nSPS) is 13.1. The summed E-state index contributed by atoms with van der Waals surface area (Å²) in [6, 6.07) is 18.5. The highest BCUT2D eigenvalue weighted by Crippen LogP contribution is 2.28. The van der Waals surface area contributed by atoms with Crippen LogP contribution in [0.4, 0.5) is 11.4 Å². The molecule has 3 aromatic carbocycles. The van der Waals surface area contributed by atoms with Gasteiger partial charge in [-0.05, 0) is 54.1 Å². The molecule has 0 radical (unpaired) electrons. The van der Waals surface area contributed by atoms with Crippen LogP contribution in [0.5, 0.6) is 0 Å². The van der Waals surface area contributed by atoms with Gasteiger partial charge in [-0.3, -0.25) is 5.41 Å². The van der Waals surface area contributed by atoms with Crippen molar-refractivity contribution in [2.45, 2.75) is 6.92 Å². The minimum absolute atomic E-state index is 0.233. The van der Waals surface area contributed by atoms with Crippen molar-refractivity contribution in [1.82, 2.24) is 0 Å². The summed E-state index contributed by atoms with van der Waals surface area (Å²) in [4.78, 5) is 4.04. The minimum atomic E-state index is 0.233. The van der Waals surface area contributed by atoms with Gasteiger partial charge in [-0.1, -0.05) is 23.8 Å². The van der Waals surface area contributed by atoms with Crippen LogP contribution in [-0.2, 0) is 0 Å². The quantitative estimate of drug-likeness (QED) is 0.670. The van der Waals surface area contributed by atoms with Gasteiger partial charge in [-0.15, -0.1) is 0 Å². The van der Waals surface area contributed by atoms with Crippen LogP contribution in [0.15, 0.2) is 59.6 Å². The highest BCUT2D eigenvalue weighted by atomic mass is 14.9. The van der Waals surface area contributed by atoms with Gasteiger partial charge in [-0.2, -0.15) is 0 Å². The number of benzene rings is 3. The van der Waals surface area contributed by atoms with Crippen LogP contribution in [0, 0.1) is 12.3 Å². The van der Waals surface area contributed by atoms with Gasteiger partial charge in [0.1, 0.15) is 5.84 Å². The topological polar surface area (TPSA) is 74.3 Å². The molecule has 0 amide bonds. The monoisotopic (exact) mass is 300 g/mol. The van der Waals surface area contributed by atoms with E-state index in [1.165, 1.54) is 5.56 Å². The van der Waals surface area contributed by atoms with E-state index >= 15 is 0 Å². The van der Waals surface area contributed by atoms with E-state index in [4.69, 9.17) is 11.1 Å². The first-order valence-corrected chi connectivity index (χ1v) is 7.45. The summed E-state index contributed by atoms with van der Waals surface area (Å²) in [5.41, 5.74) is 10.8. The minimum Gasteiger partial charge on any atom is -0.383 e. The number of aryl methyl sites for hydroxylation is 1. The predicted molar refractivity (Wildman–Crippen MR) is 96.0 cm³/mol. The van der Waals surface area contributed by atoms with Crippen LogP contribution in [0.1, 0.15) is 16.7 Å². The molecule has 4 rings (SSSR count).